The van der Waals surface area contributed by atoms with Crippen LogP contribution in [0.2, 0.25) is 0 Å². The summed E-state index contributed by atoms with van der Waals surface area (Å²) in [7, 11) is 0. The van der Waals surface area contributed by atoms with Crippen LogP contribution < -0.4 is 0 Å². The molecular weight excluding hydrogens is 244 g/mol. The number of hydrogen-bond donors (Lipinski definition) is 0. The molecule has 2 heteroatoms. The third-order valence-electron chi connectivity index (χ3n) is 1.57. The van der Waals surface area contributed by atoms with Crippen LogP contribution in [0.4, 0.5) is 0 Å². The van der Waals surface area contributed by atoms with Gasteiger partial charge in [0.25, 0.3) is 0 Å². The summed E-state index contributed by atoms with van der Waals surface area (Å²) >= 11 is 7.18. The first-order chi connectivity index (χ1) is 4.18. The second kappa shape index (κ2) is 4.73. The fourth-order valence-electron chi connectivity index (χ4n) is 0.786. The molecule has 0 saturated carbocycles. The van der Waals surface area contributed by atoms with Gasteiger partial charge in [-0.2, -0.15) is 0 Å². The van der Waals surface area contributed by atoms with Crippen LogP contribution in [-0.2, 0) is 0 Å². The predicted molar refractivity (Wildman–Crippen MR) is 50.7 cm³/mol. The molecule has 0 aromatic rings. The molecule has 0 aliphatic heterocycles. The Labute approximate surface area is 74.7 Å². The Balaban J connectivity index is 3.62. The molecule has 0 fully saturated rings. The molecule has 0 amide bonds. The normalized spacial score (nSPS) is 17.3. The molecule has 0 heterocycles. The standard InChI is InChI=1S/C7H14Br2/c1-3-5-7(9,4-2)6-8/h3-6H2,1-2H3. The first kappa shape index (κ1) is 9.96. The van der Waals surface area contributed by atoms with Crippen LogP contribution >= 0.6 is 31.9 Å². The molecule has 0 aliphatic carbocycles. The van der Waals surface area contributed by atoms with Gasteiger partial charge in [-0.15, -0.1) is 0 Å². The van der Waals surface area contributed by atoms with E-state index in [2.05, 4.69) is 45.7 Å². The quantitative estimate of drug-likeness (QED) is 0.674. The van der Waals surface area contributed by atoms with E-state index in [-0.39, 0.29) is 0 Å². The van der Waals surface area contributed by atoms with Gasteiger partial charge in [0.1, 0.15) is 0 Å². The minimum absolute atomic E-state index is 0.363. The average Bonchev–Trinajstić information content (AvgIpc) is 1.89. The highest BCUT2D eigenvalue weighted by atomic mass is 79.9. The van der Waals surface area contributed by atoms with Crippen LogP contribution in [0.15, 0.2) is 0 Å². The molecule has 0 saturated heterocycles. The van der Waals surface area contributed by atoms with Crippen molar-refractivity contribution in [2.75, 3.05) is 5.33 Å². The molecule has 0 aromatic carbocycles. The Morgan fingerprint density at radius 3 is 2.00 bits per heavy atom. The Hall–Kier alpha value is 0.960. The predicted octanol–water partition coefficient (Wildman–Crippen LogP) is 3.73. The molecule has 56 valence electrons. The van der Waals surface area contributed by atoms with Crippen molar-refractivity contribution in [2.24, 2.45) is 0 Å². The van der Waals surface area contributed by atoms with Crippen LogP contribution in [0.3, 0.4) is 0 Å². The molecule has 0 aliphatic rings. The van der Waals surface area contributed by atoms with Crippen LogP contribution in [0, 0.1) is 0 Å². The highest BCUT2D eigenvalue weighted by Gasteiger charge is 2.20. The lowest BCUT2D eigenvalue weighted by Gasteiger charge is -2.21. The Kier molecular flexibility index (Phi) is 5.23. The lowest BCUT2D eigenvalue weighted by Crippen LogP contribution is -2.20. The molecule has 0 bridgehead atoms. The molecule has 9 heavy (non-hydrogen) atoms. The van der Waals surface area contributed by atoms with E-state index in [0.29, 0.717) is 4.32 Å². The van der Waals surface area contributed by atoms with Gasteiger partial charge in [-0.1, -0.05) is 52.1 Å². The van der Waals surface area contributed by atoms with Gasteiger partial charge in [0.15, 0.2) is 0 Å². The molecule has 0 spiro atoms. The van der Waals surface area contributed by atoms with Gasteiger partial charge in [-0.05, 0) is 12.8 Å². The third-order valence-corrected chi connectivity index (χ3v) is 4.63. The lowest BCUT2D eigenvalue weighted by atomic mass is 10.0. The Morgan fingerprint density at radius 1 is 1.33 bits per heavy atom. The molecule has 0 N–H and O–H groups in total. The zero-order valence-corrected chi connectivity index (χ0v) is 9.26. The summed E-state index contributed by atoms with van der Waals surface area (Å²) in [6.45, 7) is 4.43. The van der Waals surface area contributed by atoms with Crippen LogP contribution in [0.5, 0.6) is 0 Å². The summed E-state index contributed by atoms with van der Waals surface area (Å²) in [5, 5.41) is 1.06. The van der Waals surface area contributed by atoms with Crippen LogP contribution in [-0.4, -0.2) is 9.65 Å². The van der Waals surface area contributed by atoms with E-state index in [9.17, 15) is 0 Å². The topological polar surface area (TPSA) is 0 Å². The van der Waals surface area contributed by atoms with E-state index in [1.165, 1.54) is 19.3 Å². The van der Waals surface area contributed by atoms with E-state index in [0.717, 1.165) is 5.33 Å². The van der Waals surface area contributed by atoms with Gasteiger partial charge in [-0.3, -0.25) is 0 Å². The van der Waals surface area contributed by atoms with Gasteiger partial charge >= 0.3 is 0 Å². The van der Waals surface area contributed by atoms with E-state index in [4.69, 9.17) is 0 Å². The van der Waals surface area contributed by atoms with E-state index >= 15 is 0 Å². The van der Waals surface area contributed by atoms with Crippen molar-refractivity contribution in [3.05, 3.63) is 0 Å². The molecule has 1 unspecified atom stereocenters. The number of halogens is 2. The van der Waals surface area contributed by atoms with Gasteiger partial charge in [-0.25, -0.2) is 0 Å². The lowest BCUT2D eigenvalue weighted by molar-refractivity contribution is 0.583. The second-order valence-corrected chi connectivity index (χ2v) is 4.63. The average molecular weight is 258 g/mol. The van der Waals surface area contributed by atoms with E-state index in [1.807, 2.05) is 0 Å². The summed E-state index contributed by atoms with van der Waals surface area (Å²) in [5.74, 6) is 0. The van der Waals surface area contributed by atoms with Crippen molar-refractivity contribution >= 4 is 31.9 Å². The van der Waals surface area contributed by atoms with Crippen molar-refractivity contribution in [3.8, 4) is 0 Å². The maximum atomic E-state index is 3.70. The first-order valence-corrected chi connectivity index (χ1v) is 5.35. The minimum atomic E-state index is 0.363. The SMILES string of the molecule is CCCC(Br)(CC)CBr. The summed E-state index contributed by atoms with van der Waals surface area (Å²) < 4.78 is 0.363. The summed E-state index contributed by atoms with van der Waals surface area (Å²) in [4.78, 5) is 0. The molecular formula is C7H14Br2. The van der Waals surface area contributed by atoms with Gasteiger partial charge in [0.05, 0.1) is 0 Å². The number of rotatable bonds is 4. The molecule has 0 aromatic heterocycles. The second-order valence-electron chi connectivity index (χ2n) is 2.39. The molecule has 1 atom stereocenters. The third kappa shape index (κ3) is 3.61. The van der Waals surface area contributed by atoms with E-state index in [1.54, 1.807) is 0 Å². The summed E-state index contributed by atoms with van der Waals surface area (Å²) in [6, 6.07) is 0. The molecule has 0 radical (unpaired) electrons. The van der Waals surface area contributed by atoms with Gasteiger partial charge < -0.3 is 0 Å². The fraction of sp³-hybridized carbons (Fsp3) is 1.00. The Morgan fingerprint density at radius 2 is 1.89 bits per heavy atom. The number of alkyl halides is 2. The fourth-order valence-corrected chi connectivity index (χ4v) is 1.86. The molecule has 0 nitrogen and oxygen atoms in total. The van der Waals surface area contributed by atoms with Crippen molar-refractivity contribution < 1.29 is 0 Å². The highest BCUT2D eigenvalue weighted by Crippen LogP contribution is 2.29. The van der Waals surface area contributed by atoms with Gasteiger partial charge in [0.2, 0.25) is 0 Å². The van der Waals surface area contributed by atoms with E-state index < -0.39 is 0 Å². The highest BCUT2D eigenvalue weighted by molar-refractivity contribution is 9.12. The largest absolute Gasteiger partial charge is 0.0913 e. The summed E-state index contributed by atoms with van der Waals surface area (Å²) in [5.41, 5.74) is 0. The minimum Gasteiger partial charge on any atom is -0.0913 e. The van der Waals surface area contributed by atoms with Gasteiger partial charge in [0, 0.05) is 9.65 Å². The zero-order chi connectivity index (χ0) is 7.33. The first-order valence-electron chi connectivity index (χ1n) is 3.43. The monoisotopic (exact) mass is 256 g/mol. The maximum Gasteiger partial charge on any atom is 0.0351 e. The van der Waals surface area contributed by atoms with Crippen molar-refractivity contribution in [3.63, 3.8) is 0 Å². The smallest absolute Gasteiger partial charge is 0.0351 e. The van der Waals surface area contributed by atoms with Crippen molar-refractivity contribution in [2.45, 2.75) is 37.4 Å². The Bertz CT molecular complexity index is 67.3. The number of hydrogen-bond acceptors (Lipinski definition) is 0. The summed E-state index contributed by atoms with van der Waals surface area (Å²) in [6.07, 6.45) is 3.71. The van der Waals surface area contributed by atoms with Crippen molar-refractivity contribution in [1.82, 2.24) is 0 Å². The van der Waals surface area contributed by atoms with Crippen LogP contribution in [0.25, 0.3) is 0 Å². The maximum absolute atomic E-state index is 3.70. The van der Waals surface area contributed by atoms with Crippen LogP contribution in [0.1, 0.15) is 33.1 Å². The van der Waals surface area contributed by atoms with Crippen molar-refractivity contribution in [1.29, 1.82) is 0 Å². The molecule has 0 rings (SSSR count). The zero-order valence-electron chi connectivity index (χ0n) is 6.08.